The maximum Gasteiger partial charge on any atom is 0.109 e. The van der Waals surface area contributed by atoms with Crippen molar-refractivity contribution in [2.75, 3.05) is 13.1 Å². The molecule has 3 aromatic rings. The maximum absolute atomic E-state index is 6.80. The highest BCUT2D eigenvalue weighted by atomic mass is 79.9. The molecule has 0 N–H and O–H groups in total. The standard InChI is InChI=1S/C24H21BrCl2N2O/c25-17-5-6-20(28-14-17)15-29-9-7-24(8-10-29)22-4-2-1-3-21(22)23(30-24)16-11-18(26)13-19(27)12-16/h1-6,11-14,23H,7-10,15H2. The third-order valence-electron chi connectivity index (χ3n) is 6.10. The molecule has 2 aliphatic rings. The molecular weight excluding hydrogens is 483 g/mol. The minimum Gasteiger partial charge on any atom is -0.358 e. The van der Waals surface area contributed by atoms with E-state index in [1.54, 1.807) is 6.07 Å². The monoisotopic (exact) mass is 502 g/mol. The van der Waals surface area contributed by atoms with Crippen molar-refractivity contribution in [3.8, 4) is 0 Å². The number of aromatic nitrogens is 1. The molecule has 1 atom stereocenters. The van der Waals surface area contributed by atoms with E-state index in [9.17, 15) is 0 Å². The third kappa shape index (κ3) is 3.92. The summed E-state index contributed by atoms with van der Waals surface area (Å²) in [5.41, 5.74) is 4.36. The summed E-state index contributed by atoms with van der Waals surface area (Å²) in [4.78, 5) is 6.98. The van der Waals surface area contributed by atoms with Gasteiger partial charge in [-0.25, -0.2) is 0 Å². The van der Waals surface area contributed by atoms with E-state index in [1.807, 2.05) is 24.4 Å². The number of nitrogens with zero attached hydrogens (tertiary/aromatic N) is 2. The highest BCUT2D eigenvalue weighted by molar-refractivity contribution is 9.10. The molecule has 0 amide bonds. The van der Waals surface area contributed by atoms with Crippen molar-refractivity contribution in [3.05, 3.63) is 97.7 Å². The van der Waals surface area contributed by atoms with E-state index >= 15 is 0 Å². The van der Waals surface area contributed by atoms with Crippen molar-refractivity contribution < 1.29 is 4.74 Å². The topological polar surface area (TPSA) is 25.4 Å². The predicted molar refractivity (Wildman–Crippen MR) is 124 cm³/mol. The van der Waals surface area contributed by atoms with Crippen molar-refractivity contribution >= 4 is 39.1 Å². The van der Waals surface area contributed by atoms with E-state index in [-0.39, 0.29) is 11.7 Å². The summed E-state index contributed by atoms with van der Waals surface area (Å²) < 4.78 is 7.81. The van der Waals surface area contributed by atoms with Crippen molar-refractivity contribution in [2.45, 2.75) is 31.1 Å². The summed E-state index contributed by atoms with van der Waals surface area (Å²) >= 11 is 16.0. The third-order valence-corrected chi connectivity index (χ3v) is 7.01. The van der Waals surface area contributed by atoms with Gasteiger partial charge in [0.05, 0.1) is 11.3 Å². The lowest BCUT2D eigenvalue weighted by atomic mass is 9.83. The van der Waals surface area contributed by atoms with Gasteiger partial charge in [-0.05, 0) is 75.8 Å². The largest absolute Gasteiger partial charge is 0.358 e. The molecule has 1 saturated heterocycles. The van der Waals surface area contributed by atoms with Crippen LogP contribution in [0.5, 0.6) is 0 Å². The fourth-order valence-electron chi connectivity index (χ4n) is 4.66. The molecule has 0 bridgehead atoms. The number of hydrogen-bond donors (Lipinski definition) is 0. The van der Waals surface area contributed by atoms with Crippen LogP contribution in [0.1, 0.15) is 41.3 Å². The summed E-state index contributed by atoms with van der Waals surface area (Å²) in [6.45, 7) is 2.79. The van der Waals surface area contributed by atoms with Crippen molar-refractivity contribution in [2.24, 2.45) is 0 Å². The van der Waals surface area contributed by atoms with Crippen LogP contribution in [0, 0.1) is 0 Å². The highest BCUT2D eigenvalue weighted by Gasteiger charge is 2.47. The number of hydrogen-bond acceptors (Lipinski definition) is 3. The quantitative estimate of drug-likeness (QED) is 0.394. The Bertz CT molecular complexity index is 1040. The second-order valence-electron chi connectivity index (χ2n) is 8.03. The molecule has 0 saturated carbocycles. The normalized spacial score (nSPS) is 20.4. The predicted octanol–water partition coefficient (Wildman–Crippen LogP) is 6.76. The van der Waals surface area contributed by atoms with Gasteiger partial charge >= 0.3 is 0 Å². The Morgan fingerprint density at radius 2 is 1.77 bits per heavy atom. The summed E-state index contributed by atoms with van der Waals surface area (Å²) in [5.74, 6) is 0. The first-order chi connectivity index (χ1) is 14.5. The van der Waals surface area contributed by atoms with Crippen LogP contribution < -0.4 is 0 Å². The number of piperidine rings is 1. The number of ether oxygens (including phenoxy) is 1. The fourth-order valence-corrected chi connectivity index (χ4v) is 5.43. The van der Waals surface area contributed by atoms with E-state index in [2.05, 4.69) is 56.1 Å². The summed E-state index contributed by atoms with van der Waals surface area (Å²) in [6, 6.07) is 18.4. The van der Waals surface area contributed by atoms with E-state index < -0.39 is 0 Å². The Morgan fingerprint density at radius 1 is 1.03 bits per heavy atom. The molecule has 3 heterocycles. The lowest BCUT2D eigenvalue weighted by Crippen LogP contribution is -2.42. The number of likely N-dealkylation sites (tertiary alicyclic amines) is 1. The van der Waals surface area contributed by atoms with Crippen molar-refractivity contribution in [1.82, 2.24) is 9.88 Å². The highest BCUT2D eigenvalue weighted by Crippen LogP contribution is 2.51. The van der Waals surface area contributed by atoms with Crippen LogP contribution in [0.2, 0.25) is 10.0 Å². The first kappa shape index (κ1) is 20.5. The average Bonchev–Trinajstić information content (AvgIpc) is 3.05. The number of halogens is 3. The van der Waals surface area contributed by atoms with Crippen LogP contribution in [-0.2, 0) is 16.9 Å². The zero-order valence-electron chi connectivity index (χ0n) is 16.3. The van der Waals surface area contributed by atoms with Crippen LogP contribution in [0.25, 0.3) is 0 Å². The Morgan fingerprint density at radius 3 is 2.47 bits per heavy atom. The molecule has 1 aromatic heterocycles. The lowest BCUT2D eigenvalue weighted by Gasteiger charge is -2.39. The number of benzene rings is 2. The number of fused-ring (bicyclic) bond motifs is 2. The molecule has 5 rings (SSSR count). The molecule has 0 aliphatic carbocycles. The van der Waals surface area contributed by atoms with Crippen molar-refractivity contribution in [3.63, 3.8) is 0 Å². The Hall–Kier alpha value is -1.43. The van der Waals surface area contributed by atoms with Crippen LogP contribution >= 0.6 is 39.1 Å². The number of pyridine rings is 1. The Balaban J connectivity index is 1.38. The zero-order chi connectivity index (χ0) is 20.7. The van der Waals surface area contributed by atoms with Gasteiger partial charge in [-0.15, -0.1) is 0 Å². The van der Waals surface area contributed by atoms with E-state index in [0.29, 0.717) is 10.0 Å². The molecular formula is C24H21BrCl2N2O. The average molecular weight is 504 g/mol. The van der Waals surface area contributed by atoms with Gasteiger partial charge in [0.2, 0.25) is 0 Å². The molecule has 30 heavy (non-hydrogen) atoms. The van der Waals surface area contributed by atoms with Crippen LogP contribution in [0.3, 0.4) is 0 Å². The van der Waals surface area contributed by atoms with E-state index in [0.717, 1.165) is 48.2 Å². The van der Waals surface area contributed by atoms with Crippen molar-refractivity contribution in [1.29, 1.82) is 0 Å². The van der Waals surface area contributed by atoms with Gasteiger partial charge in [-0.3, -0.25) is 9.88 Å². The minimum atomic E-state index is -0.264. The summed E-state index contributed by atoms with van der Waals surface area (Å²) in [5, 5.41) is 1.27. The van der Waals surface area contributed by atoms with E-state index in [1.165, 1.54) is 11.1 Å². The van der Waals surface area contributed by atoms with Gasteiger partial charge in [-0.1, -0.05) is 47.5 Å². The van der Waals surface area contributed by atoms with Gasteiger partial charge in [-0.2, -0.15) is 0 Å². The smallest absolute Gasteiger partial charge is 0.109 e. The van der Waals surface area contributed by atoms with Gasteiger partial charge in [0.1, 0.15) is 6.10 Å². The molecule has 0 radical (unpaired) electrons. The lowest BCUT2D eigenvalue weighted by molar-refractivity contribution is -0.0979. The van der Waals surface area contributed by atoms with Gasteiger partial charge in [0.25, 0.3) is 0 Å². The summed E-state index contributed by atoms with van der Waals surface area (Å²) in [7, 11) is 0. The molecule has 6 heteroatoms. The summed E-state index contributed by atoms with van der Waals surface area (Å²) in [6.07, 6.45) is 3.62. The molecule has 1 fully saturated rings. The second kappa shape index (κ2) is 8.25. The first-order valence-electron chi connectivity index (χ1n) is 10.1. The van der Waals surface area contributed by atoms with Gasteiger partial charge in [0, 0.05) is 40.3 Å². The number of rotatable bonds is 3. The van der Waals surface area contributed by atoms with Gasteiger partial charge < -0.3 is 4.74 Å². The molecule has 2 aliphatic heterocycles. The second-order valence-corrected chi connectivity index (χ2v) is 9.81. The van der Waals surface area contributed by atoms with Gasteiger partial charge in [0.15, 0.2) is 0 Å². The fraction of sp³-hybridized carbons (Fsp3) is 0.292. The van der Waals surface area contributed by atoms with E-state index in [4.69, 9.17) is 27.9 Å². The maximum atomic E-state index is 6.80. The first-order valence-corrected chi connectivity index (χ1v) is 11.6. The molecule has 1 unspecified atom stereocenters. The molecule has 3 nitrogen and oxygen atoms in total. The Kier molecular flexibility index (Phi) is 5.63. The molecule has 1 spiro atoms. The Labute approximate surface area is 195 Å². The van der Waals surface area contributed by atoms with Crippen LogP contribution in [-0.4, -0.2) is 23.0 Å². The minimum absolute atomic E-state index is 0.142. The van der Waals surface area contributed by atoms with Crippen LogP contribution in [0.15, 0.2) is 65.3 Å². The molecule has 154 valence electrons. The molecule has 2 aromatic carbocycles. The SMILES string of the molecule is Clc1cc(Cl)cc(C2OC3(CCN(Cc4ccc(Br)cn4)CC3)c3ccccc32)c1. The zero-order valence-corrected chi connectivity index (χ0v) is 19.4. The van der Waals surface area contributed by atoms with Crippen LogP contribution in [0.4, 0.5) is 0 Å².